The van der Waals surface area contributed by atoms with E-state index in [0.29, 0.717) is 0 Å². The average molecular weight is 228 g/mol. The standard InChI is InChI=1S/C15H13FO/c16-13-5-7-14(8-6-13)17-15-9-11-3-1-2-4-12(11)10-15/h1-8,15H,9-10H2. The minimum Gasteiger partial charge on any atom is -0.490 e. The van der Waals surface area contributed by atoms with Gasteiger partial charge >= 0.3 is 0 Å². The SMILES string of the molecule is Fc1ccc(OC2Cc3ccccc3C2)cc1. The summed E-state index contributed by atoms with van der Waals surface area (Å²) in [5, 5.41) is 0. The number of rotatable bonds is 2. The molecule has 1 nitrogen and oxygen atoms in total. The quantitative estimate of drug-likeness (QED) is 0.765. The number of halogens is 1. The summed E-state index contributed by atoms with van der Waals surface area (Å²) in [5.74, 6) is 0.510. The van der Waals surface area contributed by atoms with Crippen LogP contribution in [-0.4, -0.2) is 6.10 Å². The Morgan fingerprint density at radius 2 is 1.47 bits per heavy atom. The van der Waals surface area contributed by atoms with Gasteiger partial charge in [-0.25, -0.2) is 4.39 Å². The second-order valence-electron chi connectivity index (χ2n) is 4.37. The summed E-state index contributed by atoms with van der Waals surface area (Å²) >= 11 is 0. The predicted molar refractivity (Wildman–Crippen MR) is 64.7 cm³/mol. The molecular formula is C15H13FO. The Morgan fingerprint density at radius 3 is 2.06 bits per heavy atom. The Bertz CT molecular complexity index is 494. The summed E-state index contributed by atoms with van der Waals surface area (Å²) in [6, 6.07) is 14.6. The first-order chi connectivity index (χ1) is 8.31. The van der Waals surface area contributed by atoms with Crippen molar-refractivity contribution in [2.45, 2.75) is 18.9 Å². The molecule has 2 aromatic carbocycles. The lowest BCUT2D eigenvalue weighted by atomic mass is 10.1. The smallest absolute Gasteiger partial charge is 0.123 e. The van der Waals surface area contributed by atoms with E-state index in [1.807, 2.05) is 0 Å². The fourth-order valence-electron chi connectivity index (χ4n) is 2.31. The first-order valence-corrected chi connectivity index (χ1v) is 5.80. The summed E-state index contributed by atoms with van der Waals surface area (Å²) in [7, 11) is 0. The molecule has 3 rings (SSSR count). The third-order valence-corrected chi connectivity index (χ3v) is 3.13. The topological polar surface area (TPSA) is 9.23 Å². The molecule has 0 aliphatic heterocycles. The number of ether oxygens (including phenoxy) is 1. The van der Waals surface area contributed by atoms with Crippen LogP contribution in [0.2, 0.25) is 0 Å². The fourth-order valence-corrected chi connectivity index (χ4v) is 2.31. The van der Waals surface area contributed by atoms with Crippen LogP contribution >= 0.6 is 0 Å². The van der Waals surface area contributed by atoms with Crippen molar-refractivity contribution in [3.63, 3.8) is 0 Å². The van der Waals surface area contributed by atoms with Gasteiger partial charge < -0.3 is 4.74 Å². The molecule has 0 atom stereocenters. The molecule has 0 saturated carbocycles. The van der Waals surface area contributed by atoms with Gasteiger partial charge in [0.15, 0.2) is 0 Å². The highest BCUT2D eigenvalue weighted by Gasteiger charge is 2.22. The van der Waals surface area contributed by atoms with E-state index in [2.05, 4.69) is 24.3 Å². The van der Waals surface area contributed by atoms with Gasteiger partial charge in [0, 0.05) is 12.8 Å². The van der Waals surface area contributed by atoms with Gasteiger partial charge in [0.05, 0.1) is 0 Å². The number of hydrogen-bond acceptors (Lipinski definition) is 1. The summed E-state index contributed by atoms with van der Waals surface area (Å²) in [4.78, 5) is 0. The molecule has 0 bridgehead atoms. The Kier molecular flexibility index (Phi) is 2.56. The molecule has 17 heavy (non-hydrogen) atoms. The van der Waals surface area contributed by atoms with Crippen molar-refractivity contribution >= 4 is 0 Å². The van der Waals surface area contributed by atoms with Crippen molar-refractivity contribution in [1.29, 1.82) is 0 Å². The summed E-state index contributed by atoms with van der Waals surface area (Å²) in [5.41, 5.74) is 2.72. The van der Waals surface area contributed by atoms with Gasteiger partial charge in [-0.3, -0.25) is 0 Å². The van der Waals surface area contributed by atoms with E-state index in [-0.39, 0.29) is 11.9 Å². The second-order valence-corrected chi connectivity index (χ2v) is 4.37. The lowest BCUT2D eigenvalue weighted by molar-refractivity contribution is 0.213. The maximum Gasteiger partial charge on any atom is 0.123 e. The molecule has 2 heteroatoms. The van der Waals surface area contributed by atoms with Crippen molar-refractivity contribution in [2.24, 2.45) is 0 Å². The van der Waals surface area contributed by atoms with E-state index in [4.69, 9.17) is 4.74 Å². The molecule has 0 saturated heterocycles. The zero-order valence-corrected chi connectivity index (χ0v) is 9.40. The minimum atomic E-state index is -0.230. The normalized spacial score (nSPS) is 14.6. The van der Waals surface area contributed by atoms with E-state index < -0.39 is 0 Å². The zero-order valence-electron chi connectivity index (χ0n) is 9.40. The van der Waals surface area contributed by atoms with Crippen molar-refractivity contribution in [1.82, 2.24) is 0 Å². The van der Waals surface area contributed by atoms with Gasteiger partial charge in [-0.15, -0.1) is 0 Å². The minimum absolute atomic E-state index is 0.179. The van der Waals surface area contributed by atoms with Crippen LogP contribution in [-0.2, 0) is 12.8 Å². The van der Waals surface area contributed by atoms with Gasteiger partial charge in [-0.05, 0) is 35.4 Å². The van der Waals surface area contributed by atoms with E-state index in [0.717, 1.165) is 18.6 Å². The lowest BCUT2D eigenvalue weighted by Gasteiger charge is -2.12. The highest BCUT2D eigenvalue weighted by molar-refractivity contribution is 5.33. The van der Waals surface area contributed by atoms with Crippen LogP contribution < -0.4 is 4.74 Å². The summed E-state index contributed by atoms with van der Waals surface area (Å²) in [6.07, 6.45) is 2.05. The summed E-state index contributed by atoms with van der Waals surface area (Å²) in [6.45, 7) is 0. The molecule has 0 amide bonds. The van der Waals surface area contributed by atoms with Gasteiger partial charge in [0.25, 0.3) is 0 Å². The molecule has 1 aliphatic carbocycles. The predicted octanol–water partition coefficient (Wildman–Crippen LogP) is 3.37. The lowest BCUT2D eigenvalue weighted by Crippen LogP contribution is -2.16. The Balaban J connectivity index is 1.71. The van der Waals surface area contributed by atoms with E-state index in [9.17, 15) is 4.39 Å². The van der Waals surface area contributed by atoms with Gasteiger partial charge in [0.1, 0.15) is 17.7 Å². The molecule has 0 N–H and O–H groups in total. The molecule has 1 aliphatic rings. The molecule has 0 fully saturated rings. The molecule has 0 unspecified atom stereocenters. The molecule has 0 radical (unpaired) electrons. The number of benzene rings is 2. The third kappa shape index (κ3) is 2.16. The van der Waals surface area contributed by atoms with Gasteiger partial charge in [-0.1, -0.05) is 24.3 Å². The Morgan fingerprint density at radius 1 is 0.882 bits per heavy atom. The maximum atomic E-state index is 12.8. The number of hydrogen-bond donors (Lipinski definition) is 0. The largest absolute Gasteiger partial charge is 0.490 e. The molecular weight excluding hydrogens is 215 g/mol. The molecule has 86 valence electrons. The zero-order chi connectivity index (χ0) is 11.7. The average Bonchev–Trinajstić information content (AvgIpc) is 2.74. The van der Waals surface area contributed by atoms with Crippen LogP contribution in [0.25, 0.3) is 0 Å². The van der Waals surface area contributed by atoms with Crippen LogP contribution in [0, 0.1) is 5.82 Å². The van der Waals surface area contributed by atoms with Crippen molar-refractivity contribution in [2.75, 3.05) is 0 Å². The first-order valence-electron chi connectivity index (χ1n) is 5.80. The van der Waals surface area contributed by atoms with Crippen LogP contribution in [0.5, 0.6) is 5.75 Å². The molecule has 0 spiro atoms. The van der Waals surface area contributed by atoms with Gasteiger partial charge in [0.2, 0.25) is 0 Å². The van der Waals surface area contributed by atoms with Gasteiger partial charge in [-0.2, -0.15) is 0 Å². The Labute approximate surface area is 99.9 Å². The first kappa shape index (κ1) is 10.3. The van der Waals surface area contributed by atoms with Crippen LogP contribution in [0.1, 0.15) is 11.1 Å². The highest BCUT2D eigenvalue weighted by atomic mass is 19.1. The van der Waals surface area contributed by atoms with E-state index in [1.165, 1.54) is 23.3 Å². The summed E-state index contributed by atoms with van der Waals surface area (Å²) < 4.78 is 18.6. The van der Waals surface area contributed by atoms with E-state index in [1.54, 1.807) is 12.1 Å². The molecule has 0 heterocycles. The van der Waals surface area contributed by atoms with Crippen molar-refractivity contribution in [3.05, 3.63) is 65.5 Å². The van der Waals surface area contributed by atoms with Crippen LogP contribution in [0.4, 0.5) is 4.39 Å². The molecule has 2 aromatic rings. The number of fused-ring (bicyclic) bond motifs is 1. The monoisotopic (exact) mass is 228 g/mol. The third-order valence-electron chi connectivity index (χ3n) is 3.13. The Hall–Kier alpha value is -1.83. The van der Waals surface area contributed by atoms with Crippen LogP contribution in [0.15, 0.2) is 48.5 Å². The fraction of sp³-hybridized carbons (Fsp3) is 0.200. The van der Waals surface area contributed by atoms with Crippen LogP contribution in [0.3, 0.4) is 0 Å². The maximum absolute atomic E-state index is 12.8. The highest BCUT2D eigenvalue weighted by Crippen LogP contribution is 2.25. The van der Waals surface area contributed by atoms with Crippen molar-refractivity contribution in [3.8, 4) is 5.75 Å². The van der Waals surface area contributed by atoms with Crippen molar-refractivity contribution < 1.29 is 9.13 Å². The van der Waals surface area contributed by atoms with E-state index >= 15 is 0 Å². The second kappa shape index (κ2) is 4.21. The molecule has 0 aromatic heterocycles.